The molecule has 6 heteroatoms. The zero-order chi connectivity index (χ0) is 13.0. The Morgan fingerprint density at radius 2 is 2.22 bits per heavy atom. The summed E-state index contributed by atoms with van der Waals surface area (Å²) in [5, 5.41) is 15.5. The van der Waals surface area contributed by atoms with Crippen molar-refractivity contribution in [2.75, 3.05) is 5.32 Å². The summed E-state index contributed by atoms with van der Waals surface area (Å²) < 4.78 is 1.43. The fourth-order valence-electron chi connectivity index (χ4n) is 1.42. The molecule has 0 fully saturated rings. The van der Waals surface area contributed by atoms with Crippen molar-refractivity contribution in [2.45, 2.75) is 6.54 Å². The van der Waals surface area contributed by atoms with Crippen LogP contribution >= 0.6 is 11.6 Å². The summed E-state index contributed by atoms with van der Waals surface area (Å²) in [6.07, 6.45) is 1.62. The molecule has 2 aromatic rings. The van der Waals surface area contributed by atoms with Gasteiger partial charge in [-0.1, -0.05) is 23.7 Å². The van der Waals surface area contributed by atoms with Crippen molar-refractivity contribution >= 4 is 23.3 Å². The molecule has 0 aliphatic heterocycles. The number of nitriles is 1. The van der Waals surface area contributed by atoms with Crippen molar-refractivity contribution in [3.05, 3.63) is 47.1 Å². The smallest absolute Gasteiger partial charge is 0.258 e. The molecule has 90 valence electrons. The number of aromatic nitrogens is 2. The molecule has 0 atom stereocenters. The van der Waals surface area contributed by atoms with Gasteiger partial charge in [0, 0.05) is 12.3 Å². The molecule has 0 unspecified atom stereocenters. The number of hydrogen-bond acceptors (Lipinski definition) is 3. The highest BCUT2D eigenvalue weighted by atomic mass is 35.5. The van der Waals surface area contributed by atoms with E-state index in [2.05, 4.69) is 10.4 Å². The van der Waals surface area contributed by atoms with Crippen molar-refractivity contribution in [3.8, 4) is 6.07 Å². The van der Waals surface area contributed by atoms with Crippen molar-refractivity contribution in [2.24, 2.45) is 0 Å². The average molecular weight is 261 g/mol. The van der Waals surface area contributed by atoms with Crippen LogP contribution in [-0.2, 0) is 6.54 Å². The van der Waals surface area contributed by atoms with E-state index in [1.54, 1.807) is 36.5 Å². The van der Waals surface area contributed by atoms with Crippen LogP contribution in [0.5, 0.6) is 0 Å². The Labute approximate surface area is 109 Å². The molecule has 18 heavy (non-hydrogen) atoms. The molecule has 0 saturated carbocycles. The van der Waals surface area contributed by atoms with E-state index in [4.69, 9.17) is 16.9 Å². The molecule has 0 radical (unpaired) electrons. The number of amides is 1. The normalized spacial score (nSPS) is 9.78. The Bertz CT molecular complexity index is 615. The minimum absolute atomic E-state index is 0.141. The molecular formula is C12H9ClN4O. The summed E-state index contributed by atoms with van der Waals surface area (Å²) in [5.41, 5.74) is 0.383. The second-order valence-corrected chi connectivity index (χ2v) is 3.90. The lowest BCUT2D eigenvalue weighted by atomic mass is 10.2. The predicted molar refractivity (Wildman–Crippen MR) is 67.2 cm³/mol. The highest BCUT2D eigenvalue weighted by Crippen LogP contribution is 2.16. The highest BCUT2D eigenvalue weighted by Gasteiger charge is 2.10. The maximum absolute atomic E-state index is 11.9. The minimum Gasteiger partial charge on any atom is -0.305 e. The Morgan fingerprint density at radius 1 is 1.44 bits per heavy atom. The fourth-order valence-corrected chi connectivity index (χ4v) is 1.64. The summed E-state index contributed by atoms with van der Waals surface area (Å²) in [6.45, 7) is 0.141. The third-order valence-electron chi connectivity index (χ3n) is 2.23. The summed E-state index contributed by atoms with van der Waals surface area (Å²) >= 11 is 5.91. The molecule has 1 aromatic heterocycles. The molecular weight excluding hydrogens is 252 g/mol. The zero-order valence-electron chi connectivity index (χ0n) is 9.30. The van der Waals surface area contributed by atoms with Gasteiger partial charge in [-0.25, -0.2) is 0 Å². The van der Waals surface area contributed by atoms with Gasteiger partial charge in [-0.2, -0.15) is 10.4 Å². The number of nitrogens with one attached hydrogen (secondary N) is 1. The number of benzene rings is 1. The van der Waals surface area contributed by atoms with Crippen LogP contribution in [0.1, 0.15) is 10.4 Å². The van der Waals surface area contributed by atoms with Crippen molar-refractivity contribution < 1.29 is 4.79 Å². The van der Waals surface area contributed by atoms with Crippen LogP contribution in [0.4, 0.5) is 5.82 Å². The van der Waals surface area contributed by atoms with Gasteiger partial charge in [-0.05, 0) is 12.1 Å². The van der Waals surface area contributed by atoms with E-state index in [1.807, 2.05) is 6.07 Å². The first-order chi connectivity index (χ1) is 8.70. The molecule has 2 rings (SSSR count). The highest BCUT2D eigenvalue weighted by molar-refractivity contribution is 6.34. The maximum Gasteiger partial charge on any atom is 0.258 e. The van der Waals surface area contributed by atoms with Gasteiger partial charge in [0.05, 0.1) is 16.7 Å². The van der Waals surface area contributed by atoms with E-state index in [0.29, 0.717) is 16.4 Å². The third-order valence-corrected chi connectivity index (χ3v) is 2.56. The molecule has 0 aliphatic carbocycles. The topological polar surface area (TPSA) is 70.7 Å². The van der Waals surface area contributed by atoms with Gasteiger partial charge < -0.3 is 5.32 Å². The van der Waals surface area contributed by atoms with E-state index >= 15 is 0 Å². The van der Waals surface area contributed by atoms with Gasteiger partial charge in [-0.15, -0.1) is 0 Å². The second-order valence-electron chi connectivity index (χ2n) is 3.49. The quantitative estimate of drug-likeness (QED) is 0.921. The third kappa shape index (κ3) is 2.67. The summed E-state index contributed by atoms with van der Waals surface area (Å²) in [4.78, 5) is 11.9. The van der Waals surface area contributed by atoms with Gasteiger partial charge in [0.2, 0.25) is 0 Å². The first-order valence-electron chi connectivity index (χ1n) is 5.17. The molecule has 0 spiro atoms. The van der Waals surface area contributed by atoms with Crippen molar-refractivity contribution in [3.63, 3.8) is 0 Å². The number of carbonyl (C=O) groups excluding carboxylic acids is 1. The molecule has 1 aromatic carbocycles. The molecule has 0 saturated heterocycles. The van der Waals surface area contributed by atoms with Crippen LogP contribution in [0.2, 0.25) is 5.02 Å². The fraction of sp³-hybridized carbons (Fsp3) is 0.0833. The van der Waals surface area contributed by atoms with E-state index in [1.165, 1.54) is 4.68 Å². The van der Waals surface area contributed by atoms with Gasteiger partial charge >= 0.3 is 0 Å². The number of hydrogen-bond donors (Lipinski definition) is 1. The first-order valence-corrected chi connectivity index (χ1v) is 5.55. The van der Waals surface area contributed by atoms with E-state index < -0.39 is 0 Å². The Morgan fingerprint density at radius 3 is 2.94 bits per heavy atom. The molecule has 5 nitrogen and oxygen atoms in total. The lowest BCUT2D eigenvalue weighted by Crippen LogP contribution is -2.13. The van der Waals surface area contributed by atoms with Crippen molar-refractivity contribution in [1.29, 1.82) is 5.26 Å². The number of carbonyl (C=O) groups is 1. The molecule has 0 aliphatic rings. The molecule has 1 heterocycles. The van der Waals surface area contributed by atoms with E-state index in [9.17, 15) is 4.79 Å². The predicted octanol–water partition coefficient (Wildman–Crippen LogP) is 2.31. The monoisotopic (exact) mass is 260 g/mol. The van der Waals surface area contributed by atoms with E-state index in [0.717, 1.165) is 0 Å². The van der Waals surface area contributed by atoms with Crippen LogP contribution < -0.4 is 5.32 Å². The molecule has 1 amide bonds. The largest absolute Gasteiger partial charge is 0.305 e. The second kappa shape index (κ2) is 5.34. The Hall–Kier alpha value is -2.32. The van der Waals surface area contributed by atoms with E-state index in [-0.39, 0.29) is 12.5 Å². The maximum atomic E-state index is 11.9. The summed E-state index contributed by atoms with van der Waals surface area (Å²) in [6, 6.07) is 10.3. The summed E-state index contributed by atoms with van der Waals surface area (Å²) in [5.74, 6) is 0.0537. The number of rotatable bonds is 3. The Kier molecular flexibility index (Phi) is 3.60. The van der Waals surface area contributed by atoms with Crippen LogP contribution in [0, 0.1) is 11.3 Å². The lowest BCUT2D eigenvalue weighted by molar-refractivity contribution is 0.102. The molecule has 1 N–H and O–H groups in total. The van der Waals surface area contributed by atoms with Crippen LogP contribution in [0.3, 0.4) is 0 Å². The van der Waals surface area contributed by atoms with Gasteiger partial charge in [0.1, 0.15) is 6.54 Å². The lowest BCUT2D eigenvalue weighted by Gasteiger charge is -2.03. The standard InChI is InChI=1S/C12H9ClN4O/c13-10-4-2-1-3-9(10)12(18)15-11-5-7-17(16-11)8-6-14/h1-5,7H,8H2,(H,15,16,18). The average Bonchev–Trinajstić information content (AvgIpc) is 2.77. The Balaban J connectivity index is 2.12. The number of halogens is 1. The van der Waals surface area contributed by atoms with Crippen LogP contribution in [0.25, 0.3) is 0 Å². The first kappa shape index (κ1) is 12.1. The zero-order valence-corrected chi connectivity index (χ0v) is 10.1. The number of nitrogens with zero attached hydrogens (tertiary/aromatic N) is 3. The van der Waals surface area contributed by atoms with Crippen LogP contribution in [-0.4, -0.2) is 15.7 Å². The SMILES string of the molecule is N#CCn1ccc(NC(=O)c2ccccc2Cl)n1. The van der Waals surface area contributed by atoms with Gasteiger partial charge in [-0.3, -0.25) is 9.48 Å². The van der Waals surface area contributed by atoms with Crippen LogP contribution in [0.15, 0.2) is 36.5 Å². The van der Waals surface area contributed by atoms with Crippen molar-refractivity contribution in [1.82, 2.24) is 9.78 Å². The van der Waals surface area contributed by atoms with Gasteiger partial charge in [0.25, 0.3) is 5.91 Å². The molecule has 0 bridgehead atoms. The van der Waals surface area contributed by atoms with Gasteiger partial charge in [0.15, 0.2) is 5.82 Å². The summed E-state index contributed by atoms with van der Waals surface area (Å²) in [7, 11) is 0. The number of anilines is 1. The minimum atomic E-state index is -0.331.